The van der Waals surface area contributed by atoms with Crippen LogP contribution >= 0.6 is 0 Å². The number of carbonyl (C=O) groups excluding carboxylic acids is 1. The SMILES string of the molecule is CCCCCCN(C(=O)c1ccc(C)cc1)c1ccc(F)cc1F. The van der Waals surface area contributed by atoms with Crippen LogP contribution in [0.15, 0.2) is 42.5 Å². The van der Waals surface area contributed by atoms with Crippen LogP contribution in [0, 0.1) is 18.6 Å². The minimum atomic E-state index is -0.717. The Bertz CT molecular complexity index is 683. The fourth-order valence-corrected chi connectivity index (χ4v) is 2.58. The Morgan fingerprint density at radius 2 is 1.71 bits per heavy atom. The molecule has 0 saturated heterocycles. The van der Waals surface area contributed by atoms with E-state index in [1.54, 1.807) is 12.1 Å². The molecule has 0 saturated carbocycles. The van der Waals surface area contributed by atoms with E-state index >= 15 is 0 Å². The lowest BCUT2D eigenvalue weighted by Crippen LogP contribution is -2.32. The lowest BCUT2D eigenvalue weighted by molar-refractivity contribution is 0.0985. The molecule has 24 heavy (non-hydrogen) atoms. The molecular weight excluding hydrogens is 308 g/mol. The second-order valence-corrected chi connectivity index (χ2v) is 5.98. The zero-order valence-electron chi connectivity index (χ0n) is 14.2. The highest BCUT2D eigenvalue weighted by atomic mass is 19.1. The van der Waals surface area contributed by atoms with Crippen molar-refractivity contribution >= 4 is 11.6 Å². The van der Waals surface area contributed by atoms with Crippen molar-refractivity contribution in [1.29, 1.82) is 0 Å². The standard InChI is InChI=1S/C20H23F2NO/c1-3-4-5-6-13-23(19-12-11-17(21)14-18(19)22)20(24)16-9-7-15(2)8-10-16/h7-12,14H,3-6,13H2,1-2H3. The molecule has 0 heterocycles. The predicted molar refractivity (Wildman–Crippen MR) is 93.4 cm³/mol. The topological polar surface area (TPSA) is 20.3 Å². The Labute approximate surface area is 142 Å². The minimum Gasteiger partial charge on any atom is -0.306 e. The summed E-state index contributed by atoms with van der Waals surface area (Å²) in [6, 6.07) is 10.5. The van der Waals surface area contributed by atoms with E-state index in [-0.39, 0.29) is 11.6 Å². The molecule has 0 unspecified atom stereocenters. The number of halogens is 2. The third kappa shape index (κ3) is 4.63. The number of hydrogen-bond acceptors (Lipinski definition) is 1. The third-order valence-corrected chi connectivity index (χ3v) is 3.98. The van der Waals surface area contributed by atoms with Crippen LogP contribution in [0.3, 0.4) is 0 Å². The van der Waals surface area contributed by atoms with Gasteiger partial charge in [-0.15, -0.1) is 0 Å². The van der Waals surface area contributed by atoms with E-state index in [9.17, 15) is 13.6 Å². The monoisotopic (exact) mass is 331 g/mol. The first kappa shape index (κ1) is 18.1. The van der Waals surface area contributed by atoms with E-state index in [0.717, 1.165) is 37.3 Å². The summed E-state index contributed by atoms with van der Waals surface area (Å²) >= 11 is 0. The van der Waals surface area contributed by atoms with E-state index in [1.807, 2.05) is 19.1 Å². The largest absolute Gasteiger partial charge is 0.306 e. The van der Waals surface area contributed by atoms with Gasteiger partial charge in [-0.1, -0.05) is 43.9 Å². The summed E-state index contributed by atoms with van der Waals surface area (Å²) in [5.41, 5.74) is 1.67. The number of unbranched alkanes of at least 4 members (excludes halogenated alkanes) is 3. The van der Waals surface area contributed by atoms with E-state index in [1.165, 1.54) is 17.0 Å². The van der Waals surface area contributed by atoms with Gasteiger partial charge in [0.25, 0.3) is 5.91 Å². The zero-order chi connectivity index (χ0) is 17.5. The molecule has 4 heteroatoms. The number of benzene rings is 2. The number of aryl methyl sites for hydroxylation is 1. The van der Waals surface area contributed by atoms with Gasteiger partial charge < -0.3 is 4.90 Å². The maximum Gasteiger partial charge on any atom is 0.258 e. The van der Waals surface area contributed by atoms with E-state index in [2.05, 4.69) is 6.92 Å². The quantitative estimate of drug-likeness (QED) is 0.613. The smallest absolute Gasteiger partial charge is 0.258 e. The van der Waals surface area contributed by atoms with Gasteiger partial charge in [0.1, 0.15) is 11.6 Å². The molecule has 0 aliphatic rings. The van der Waals surface area contributed by atoms with Crippen LogP contribution in [0.4, 0.5) is 14.5 Å². The third-order valence-electron chi connectivity index (χ3n) is 3.98. The van der Waals surface area contributed by atoms with Gasteiger partial charge in [-0.2, -0.15) is 0 Å². The molecule has 0 aliphatic heterocycles. The summed E-state index contributed by atoms with van der Waals surface area (Å²) in [4.78, 5) is 14.2. The maximum absolute atomic E-state index is 14.2. The first-order valence-corrected chi connectivity index (χ1v) is 8.36. The van der Waals surface area contributed by atoms with Crippen molar-refractivity contribution in [2.24, 2.45) is 0 Å². The Hall–Kier alpha value is -2.23. The molecule has 2 rings (SSSR count). The van der Waals surface area contributed by atoms with Gasteiger partial charge in [-0.25, -0.2) is 8.78 Å². The minimum absolute atomic E-state index is 0.124. The molecule has 0 aromatic heterocycles. The molecule has 1 amide bonds. The summed E-state index contributed by atoms with van der Waals surface area (Å²) in [5.74, 6) is -1.63. The summed E-state index contributed by atoms with van der Waals surface area (Å²) < 4.78 is 27.4. The Balaban J connectivity index is 2.27. The van der Waals surface area contributed by atoms with Crippen LogP contribution < -0.4 is 4.90 Å². The Morgan fingerprint density at radius 1 is 1.00 bits per heavy atom. The number of nitrogens with zero attached hydrogens (tertiary/aromatic N) is 1. The lowest BCUT2D eigenvalue weighted by atomic mass is 10.1. The number of amides is 1. The fourth-order valence-electron chi connectivity index (χ4n) is 2.58. The first-order chi connectivity index (χ1) is 11.5. The highest BCUT2D eigenvalue weighted by Gasteiger charge is 2.20. The Kier molecular flexibility index (Phi) is 6.47. The second-order valence-electron chi connectivity index (χ2n) is 5.98. The molecule has 0 aliphatic carbocycles. The molecule has 0 spiro atoms. The maximum atomic E-state index is 14.2. The zero-order valence-corrected chi connectivity index (χ0v) is 14.2. The van der Waals surface area contributed by atoms with Crippen molar-refractivity contribution in [3.8, 4) is 0 Å². The molecule has 0 N–H and O–H groups in total. The molecule has 2 aromatic rings. The molecule has 0 bridgehead atoms. The Morgan fingerprint density at radius 3 is 2.33 bits per heavy atom. The number of carbonyl (C=O) groups is 1. The van der Waals surface area contributed by atoms with E-state index in [4.69, 9.17) is 0 Å². The van der Waals surface area contributed by atoms with Crippen LogP contribution in [-0.2, 0) is 0 Å². The average molecular weight is 331 g/mol. The summed E-state index contributed by atoms with van der Waals surface area (Å²) in [6.07, 6.45) is 3.90. The van der Waals surface area contributed by atoms with Crippen LogP contribution in [0.5, 0.6) is 0 Å². The molecule has 128 valence electrons. The summed E-state index contributed by atoms with van der Waals surface area (Å²) in [6.45, 7) is 4.46. The van der Waals surface area contributed by atoms with Crippen molar-refractivity contribution < 1.29 is 13.6 Å². The normalized spacial score (nSPS) is 10.7. The summed E-state index contributed by atoms with van der Waals surface area (Å²) in [7, 11) is 0. The highest BCUT2D eigenvalue weighted by Crippen LogP contribution is 2.23. The van der Waals surface area contributed by atoms with Crippen LogP contribution in [0.25, 0.3) is 0 Å². The molecule has 0 atom stereocenters. The molecule has 2 nitrogen and oxygen atoms in total. The van der Waals surface area contributed by atoms with E-state index in [0.29, 0.717) is 12.1 Å². The number of anilines is 1. The van der Waals surface area contributed by atoms with Crippen LogP contribution in [0.2, 0.25) is 0 Å². The van der Waals surface area contributed by atoms with Gasteiger partial charge in [0.15, 0.2) is 0 Å². The van der Waals surface area contributed by atoms with Crippen LogP contribution in [0.1, 0.15) is 48.5 Å². The molecule has 0 radical (unpaired) electrons. The average Bonchev–Trinajstić information content (AvgIpc) is 2.56. The van der Waals surface area contributed by atoms with Gasteiger partial charge in [0, 0.05) is 18.2 Å². The van der Waals surface area contributed by atoms with Crippen molar-refractivity contribution in [3.05, 3.63) is 65.2 Å². The predicted octanol–water partition coefficient (Wildman–Crippen LogP) is 5.50. The van der Waals surface area contributed by atoms with Crippen molar-refractivity contribution in [2.75, 3.05) is 11.4 Å². The van der Waals surface area contributed by atoms with Crippen molar-refractivity contribution in [3.63, 3.8) is 0 Å². The first-order valence-electron chi connectivity index (χ1n) is 8.36. The van der Waals surface area contributed by atoms with Gasteiger partial charge in [-0.3, -0.25) is 4.79 Å². The molecule has 2 aromatic carbocycles. The van der Waals surface area contributed by atoms with Crippen molar-refractivity contribution in [1.82, 2.24) is 0 Å². The highest BCUT2D eigenvalue weighted by molar-refractivity contribution is 6.06. The van der Waals surface area contributed by atoms with E-state index < -0.39 is 11.6 Å². The van der Waals surface area contributed by atoms with Crippen LogP contribution in [-0.4, -0.2) is 12.5 Å². The molecule has 0 fully saturated rings. The lowest BCUT2D eigenvalue weighted by Gasteiger charge is -2.23. The summed E-state index contributed by atoms with van der Waals surface area (Å²) in [5, 5.41) is 0. The van der Waals surface area contributed by atoms with Gasteiger partial charge in [0.05, 0.1) is 5.69 Å². The van der Waals surface area contributed by atoms with Crippen molar-refractivity contribution in [2.45, 2.75) is 39.5 Å². The molecular formula is C20H23F2NO. The fraction of sp³-hybridized carbons (Fsp3) is 0.350. The van der Waals surface area contributed by atoms with Gasteiger partial charge in [-0.05, 0) is 37.6 Å². The van der Waals surface area contributed by atoms with Gasteiger partial charge >= 0.3 is 0 Å². The van der Waals surface area contributed by atoms with Gasteiger partial charge in [0.2, 0.25) is 0 Å². The number of rotatable bonds is 7. The second kappa shape index (κ2) is 8.57. The number of hydrogen-bond donors (Lipinski definition) is 0.